The Balaban J connectivity index is 1.35. The molecule has 3 fully saturated rings. The highest BCUT2D eigenvalue weighted by atomic mass is 19.4. The van der Waals surface area contributed by atoms with E-state index in [-0.39, 0.29) is 17.8 Å². The summed E-state index contributed by atoms with van der Waals surface area (Å²) in [6.07, 6.45) is -2.59. The van der Waals surface area contributed by atoms with Crippen LogP contribution in [0.4, 0.5) is 29.3 Å². The minimum atomic E-state index is -4.48. The molecule has 8 nitrogen and oxygen atoms in total. The Hall–Kier alpha value is -2.99. The predicted octanol–water partition coefficient (Wildman–Crippen LogP) is 3.00. The summed E-state index contributed by atoms with van der Waals surface area (Å²) >= 11 is 0. The Morgan fingerprint density at radius 1 is 1.11 bits per heavy atom. The van der Waals surface area contributed by atoms with E-state index in [0.717, 1.165) is 12.1 Å². The SMILES string of the molecule is CC1(O)CC(Nc2nc(N3CC(N4CC(F)C4)C3)c3cnn(-c4cccc(C(F)(F)F)c4)c3n2)C1. The van der Waals surface area contributed by atoms with Gasteiger partial charge in [0.05, 0.1) is 28.4 Å². The number of rotatable bonds is 5. The summed E-state index contributed by atoms with van der Waals surface area (Å²) in [5, 5.41) is 18.3. The van der Waals surface area contributed by atoms with Crippen molar-refractivity contribution in [1.29, 1.82) is 0 Å². The molecule has 1 aliphatic carbocycles. The maximum absolute atomic E-state index is 13.3. The van der Waals surface area contributed by atoms with E-state index in [1.54, 1.807) is 19.2 Å². The van der Waals surface area contributed by atoms with Gasteiger partial charge in [-0.25, -0.2) is 9.07 Å². The summed E-state index contributed by atoms with van der Waals surface area (Å²) in [5.41, 5.74) is -0.873. The van der Waals surface area contributed by atoms with E-state index in [0.29, 0.717) is 61.8 Å². The summed E-state index contributed by atoms with van der Waals surface area (Å²) in [5.74, 6) is 0.966. The van der Waals surface area contributed by atoms with E-state index in [2.05, 4.69) is 25.2 Å². The van der Waals surface area contributed by atoms with E-state index >= 15 is 0 Å². The average molecular weight is 491 g/mol. The van der Waals surface area contributed by atoms with E-state index in [4.69, 9.17) is 4.98 Å². The number of fused-ring (bicyclic) bond motifs is 1. The second-order valence-corrected chi connectivity index (χ2v) is 10.1. The standard InChI is InChI=1S/C23H25F4N7O/c1-22(35)6-15(7-22)29-21-30-19(33-11-17(12-33)32-9-14(24)10-32)18-8-28-34(20(18)31-21)16-4-2-3-13(5-16)23(25,26)27/h2-5,8,14-15,17,35H,6-7,9-12H2,1H3,(H,29,30,31). The topological polar surface area (TPSA) is 82.3 Å². The zero-order chi connectivity index (χ0) is 24.5. The van der Waals surface area contributed by atoms with Crippen molar-refractivity contribution in [3.05, 3.63) is 36.0 Å². The van der Waals surface area contributed by atoms with Gasteiger partial charge in [0, 0.05) is 38.3 Å². The fourth-order valence-corrected chi connectivity index (χ4v) is 5.10. The molecule has 0 bridgehead atoms. The summed E-state index contributed by atoms with van der Waals surface area (Å²) in [7, 11) is 0. The van der Waals surface area contributed by atoms with Crippen LogP contribution in [0, 0.1) is 0 Å². The molecule has 1 aromatic carbocycles. The van der Waals surface area contributed by atoms with Crippen molar-refractivity contribution in [2.75, 3.05) is 36.4 Å². The normalized spacial score (nSPS) is 25.9. The molecule has 2 saturated heterocycles. The summed E-state index contributed by atoms with van der Waals surface area (Å²) in [4.78, 5) is 13.5. The summed E-state index contributed by atoms with van der Waals surface area (Å²) in [6, 6.07) is 5.19. The Labute approximate surface area is 198 Å². The first-order chi connectivity index (χ1) is 16.6. The molecule has 0 unspecified atom stereocenters. The van der Waals surface area contributed by atoms with Crippen molar-refractivity contribution >= 4 is 22.8 Å². The molecule has 2 aliphatic heterocycles. The smallest absolute Gasteiger partial charge is 0.390 e. The molecule has 1 saturated carbocycles. The lowest BCUT2D eigenvalue weighted by Crippen LogP contribution is -2.66. The first-order valence-electron chi connectivity index (χ1n) is 11.6. The summed E-state index contributed by atoms with van der Waals surface area (Å²) in [6.45, 7) is 4.00. The molecule has 3 aromatic rings. The largest absolute Gasteiger partial charge is 0.416 e. The number of hydrogen-bond donors (Lipinski definition) is 2. The molecule has 0 amide bonds. The van der Waals surface area contributed by atoms with Crippen molar-refractivity contribution in [1.82, 2.24) is 24.6 Å². The van der Waals surface area contributed by atoms with Crippen LogP contribution in [0.1, 0.15) is 25.3 Å². The van der Waals surface area contributed by atoms with Crippen LogP contribution in [-0.2, 0) is 6.18 Å². The van der Waals surface area contributed by atoms with Crippen molar-refractivity contribution in [3.8, 4) is 5.69 Å². The lowest BCUT2D eigenvalue weighted by molar-refractivity contribution is -0.137. The minimum absolute atomic E-state index is 0.00746. The molecule has 4 heterocycles. The molecule has 12 heteroatoms. The van der Waals surface area contributed by atoms with Crippen LogP contribution in [0.15, 0.2) is 30.5 Å². The van der Waals surface area contributed by atoms with Gasteiger partial charge in [-0.15, -0.1) is 0 Å². The van der Waals surface area contributed by atoms with Crippen LogP contribution in [0.5, 0.6) is 0 Å². The fraction of sp³-hybridized carbons (Fsp3) is 0.522. The molecule has 186 valence electrons. The first-order valence-corrected chi connectivity index (χ1v) is 11.6. The van der Waals surface area contributed by atoms with Gasteiger partial charge in [-0.3, -0.25) is 4.90 Å². The van der Waals surface area contributed by atoms with Gasteiger partial charge in [0.25, 0.3) is 0 Å². The van der Waals surface area contributed by atoms with Crippen LogP contribution in [0.2, 0.25) is 0 Å². The van der Waals surface area contributed by atoms with Gasteiger partial charge in [0.1, 0.15) is 12.0 Å². The predicted molar refractivity (Wildman–Crippen MR) is 121 cm³/mol. The maximum atomic E-state index is 13.3. The van der Waals surface area contributed by atoms with E-state index in [9.17, 15) is 22.7 Å². The third kappa shape index (κ3) is 4.08. The third-order valence-corrected chi connectivity index (χ3v) is 7.08. The molecule has 35 heavy (non-hydrogen) atoms. The number of alkyl halides is 4. The average Bonchev–Trinajstić information content (AvgIpc) is 3.13. The second kappa shape index (κ2) is 7.76. The van der Waals surface area contributed by atoms with Crippen LogP contribution < -0.4 is 10.2 Å². The molecule has 2 N–H and O–H groups in total. The number of aromatic nitrogens is 4. The van der Waals surface area contributed by atoms with Crippen molar-refractivity contribution in [3.63, 3.8) is 0 Å². The highest BCUT2D eigenvalue weighted by molar-refractivity contribution is 5.89. The summed E-state index contributed by atoms with van der Waals surface area (Å²) < 4.78 is 54.6. The second-order valence-electron chi connectivity index (χ2n) is 10.1. The van der Waals surface area contributed by atoms with E-state index in [1.807, 2.05) is 0 Å². The van der Waals surface area contributed by atoms with Crippen molar-refractivity contribution < 1.29 is 22.7 Å². The van der Waals surface area contributed by atoms with E-state index < -0.39 is 23.5 Å². The molecule has 6 rings (SSSR count). The molecule has 0 atom stereocenters. The number of halogens is 4. The minimum Gasteiger partial charge on any atom is -0.390 e. The zero-order valence-electron chi connectivity index (χ0n) is 19.0. The lowest BCUT2D eigenvalue weighted by atomic mass is 9.77. The van der Waals surface area contributed by atoms with Gasteiger partial charge in [0.2, 0.25) is 5.95 Å². The van der Waals surface area contributed by atoms with Gasteiger partial charge >= 0.3 is 6.18 Å². The van der Waals surface area contributed by atoms with E-state index in [1.165, 1.54) is 10.7 Å². The molecule has 3 aliphatic rings. The van der Waals surface area contributed by atoms with Gasteiger partial charge < -0.3 is 15.3 Å². The molecule has 0 radical (unpaired) electrons. The third-order valence-electron chi connectivity index (χ3n) is 7.08. The van der Waals surface area contributed by atoms with Crippen molar-refractivity contribution in [2.24, 2.45) is 0 Å². The van der Waals surface area contributed by atoms with Crippen LogP contribution >= 0.6 is 0 Å². The zero-order valence-corrected chi connectivity index (χ0v) is 19.0. The number of anilines is 2. The monoisotopic (exact) mass is 491 g/mol. The first kappa shape index (κ1) is 22.5. The quantitative estimate of drug-likeness (QED) is 0.531. The Kier molecular flexibility index (Phi) is 4.98. The number of aliphatic hydroxyl groups is 1. The molecule has 0 spiro atoms. The van der Waals surface area contributed by atoms with Gasteiger partial charge in [-0.05, 0) is 38.0 Å². The Bertz CT molecular complexity index is 1260. The Morgan fingerprint density at radius 3 is 2.51 bits per heavy atom. The van der Waals surface area contributed by atoms with Crippen molar-refractivity contribution in [2.45, 2.75) is 49.8 Å². The number of likely N-dealkylation sites (tertiary alicyclic amines) is 1. The van der Waals surface area contributed by atoms with Gasteiger partial charge in [-0.1, -0.05) is 6.07 Å². The number of hydrogen-bond acceptors (Lipinski definition) is 7. The molecule has 2 aromatic heterocycles. The van der Waals surface area contributed by atoms with Crippen LogP contribution in [-0.4, -0.2) is 79.8 Å². The molecular weight excluding hydrogens is 466 g/mol. The Morgan fingerprint density at radius 2 is 1.86 bits per heavy atom. The molecular formula is C23H25F4N7O. The highest BCUT2D eigenvalue weighted by Gasteiger charge is 2.41. The maximum Gasteiger partial charge on any atom is 0.416 e. The highest BCUT2D eigenvalue weighted by Crippen LogP contribution is 2.36. The van der Waals surface area contributed by atoms with Crippen LogP contribution in [0.25, 0.3) is 16.7 Å². The fourth-order valence-electron chi connectivity index (χ4n) is 5.10. The lowest BCUT2D eigenvalue weighted by Gasteiger charge is -2.50. The number of nitrogens with zero attached hydrogens (tertiary/aromatic N) is 6. The number of benzene rings is 1. The van der Waals surface area contributed by atoms with Gasteiger partial charge in [0.15, 0.2) is 5.65 Å². The van der Waals surface area contributed by atoms with Gasteiger partial charge in [-0.2, -0.15) is 28.2 Å². The number of nitrogens with one attached hydrogen (secondary N) is 1. The van der Waals surface area contributed by atoms with Crippen LogP contribution in [0.3, 0.4) is 0 Å².